The highest BCUT2D eigenvalue weighted by atomic mass is 35.5. The molecule has 1 saturated heterocycles. The van der Waals surface area contributed by atoms with Crippen LogP contribution in [0.5, 0.6) is 5.75 Å². The Balaban J connectivity index is 1.49. The fraction of sp³-hybridized carbons (Fsp3) is 0.412. The Morgan fingerprint density at radius 1 is 1.35 bits per heavy atom. The van der Waals surface area contributed by atoms with Crippen LogP contribution in [0.2, 0.25) is 5.02 Å². The fourth-order valence-corrected chi connectivity index (χ4v) is 3.10. The smallest absolute Gasteiger partial charge is 0.260 e. The van der Waals surface area contributed by atoms with E-state index in [1.165, 1.54) is 5.56 Å². The van der Waals surface area contributed by atoms with Crippen LogP contribution in [0.3, 0.4) is 0 Å². The molecule has 1 amide bonds. The highest BCUT2D eigenvalue weighted by Gasteiger charge is 2.24. The van der Waals surface area contributed by atoms with E-state index in [0.29, 0.717) is 16.7 Å². The van der Waals surface area contributed by atoms with E-state index in [1.807, 2.05) is 35.0 Å². The number of para-hydroxylation sites is 1. The number of hydrogen-bond donors (Lipinski definition) is 0. The highest BCUT2D eigenvalue weighted by molar-refractivity contribution is 6.32. The van der Waals surface area contributed by atoms with E-state index in [1.54, 1.807) is 12.1 Å². The van der Waals surface area contributed by atoms with Crippen LogP contribution in [0.4, 0.5) is 0 Å². The SMILES string of the molecule is Cn1cc(C2CCN(C(=O)COc3ccccc3Cl)CC2)cn1. The van der Waals surface area contributed by atoms with Gasteiger partial charge in [0.25, 0.3) is 5.91 Å². The van der Waals surface area contributed by atoms with Crippen molar-refractivity contribution in [2.24, 2.45) is 7.05 Å². The number of benzene rings is 1. The maximum Gasteiger partial charge on any atom is 0.260 e. The molecule has 1 aromatic heterocycles. The molecule has 1 aliphatic rings. The van der Waals surface area contributed by atoms with E-state index in [2.05, 4.69) is 11.3 Å². The topological polar surface area (TPSA) is 47.4 Å². The molecule has 6 heteroatoms. The van der Waals surface area contributed by atoms with E-state index in [0.717, 1.165) is 25.9 Å². The molecule has 0 radical (unpaired) electrons. The summed E-state index contributed by atoms with van der Waals surface area (Å²) in [5, 5.41) is 4.74. The Morgan fingerprint density at radius 2 is 2.09 bits per heavy atom. The molecule has 0 spiro atoms. The Hall–Kier alpha value is -2.01. The summed E-state index contributed by atoms with van der Waals surface area (Å²) in [5.74, 6) is 1.04. The normalized spacial score (nSPS) is 15.7. The molecule has 1 aromatic carbocycles. The largest absolute Gasteiger partial charge is 0.482 e. The van der Waals surface area contributed by atoms with E-state index in [4.69, 9.17) is 16.3 Å². The van der Waals surface area contributed by atoms with Gasteiger partial charge >= 0.3 is 0 Å². The third kappa shape index (κ3) is 3.85. The minimum atomic E-state index is 0.00885. The average molecular weight is 334 g/mol. The van der Waals surface area contributed by atoms with Crippen LogP contribution in [0.15, 0.2) is 36.7 Å². The predicted octanol–water partition coefficient (Wildman–Crippen LogP) is 2.86. The summed E-state index contributed by atoms with van der Waals surface area (Å²) < 4.78 is 7.35. The first-order chi connectivity index (χ1) is 11.1. The van der Waals surface area contributed by atoms with Gasteiger partial charge in [-0.15, -0.1) is 0 Å². The van der Waals surface area contributed by atoms with Crippen molar-refractivity contribution >= 4 is 17.5 Å². The third-order valence-corrected chi connectivity index (χ3v) is 4.54. The predicted molar refractivity (Wildman–Crippen MR) is 88.7 cm³/mol. The van der Waals surface area contributed by atoms with Gasteiger partial charge in [0.1, 0.15) is 5.75 Å². The van der Waals surface area contributed by atoms with Crippen LogP contribution in [0, 0.1) is 0 Å². The van der Waals surface area contributed by atoms with Crippen molar-refractivity contribution in [3.63, 3.8) is 0 Å². The number of aryl methyl sites for hydroxylation is 1. The molecule has 0 aliphatic carbocycles. The first kappa shape index (κ1) is 15.9. The van der Waals surface area contributed by atoms with Crippen molar-refractivity contribution < 1.29 is 9.53 Å². The van der Waals surface area contributed by atoms with E-state index in [9.17, 15) is 4.79 Å². The second-order valence-electron chi connectivity index (χ2n) is 5.82. The maximum absolute atomic E-state index is 12.3. The zero-order valence-corrected chi connectivity index (χ0v) is 13.9. The second-order valence-corrected chi connectivity index (χ2v) is 6.23. The lowest BCUT2D eigenvalue weighted by molar-refractivity contribution is -0.134. The number of likely N-dealkylation sites (tertiary alicyclic amines) is 1. The number of rotatable bonds is 4. The van der Waals surface area contributed by atoms with Crippen molar-refractivity contribution in [3.8, 4) is 5.75 Å². The summed E-state index contributed by atoms with van der Waals surface area (Å²) in [6, 6.07) is 7.19. The molecule has 2 aromatic rings. The lowest BCUT2D eigenvalue weighted by Gasteiger charge is -2.31. The van der Waals surface area contributed by atoms with Crippen LogP contribution >= 0.6 is 11.6 Å². The van der Waals surface area contributed by atoms with Gasteiger partial charge in [-0.05, 0) is 36.5 Å². The minimum Gasteiger partial charge on any atom is -0.482 e. The fourth-order valence-electron chi connectivity index (χ4n) is 2.91. The van der Waals surface area contributed by atoms with Gasteiger partial charge in [0, 0.05) is 26.3 Å². The van der Waals surface area contributed by atoms with Crippen LogP contribution in [-0.2, 0) is 11.8 Å². The van der Waals surface area contributed by atoms with Crippen molar-refractivity contribution in [2.75, 3.05) is 19.7 Å². The summed E-state index contributed by atoms with van der Waals surface area (Å²) in [7, 11) is 1.92. The van der Waals surface area contributed by atoms with E-state index < -0.39 is 0 Å². The molecule has 0 saturated carbocycles. The molecule has 3 rings (SSSR count). The summed E-state index contributed by atoms with van der Waals surface area (Å²) in [4.78, 5) is 14.1. The van der Waals surface area contributed by atoms with Crippen molar-refractivity contribution in [1.82, 2.24) is 14.7 Å². The average Bonchev–Trinajstić information content (AvgIpc) is 3.00. The van der Waals surface area contributed by atoms with Gasteiger partial charge in [-0.1, -0.05) is 23.7 Å². The molecular weight excluding hydrogens is 314 g/mol. The standard InChI is InChI=1S/C17H20ClN3O2/c1-20-11-14(10-19-20)13-6-8-21(9-7-13)17(22)12-23-16-5-3-2-4-15(16)18/h2-5,10-11,13H,6-9,12H2,1H3. The lowest BCUT2D eigenvalue weighted by atomic mass is 9.91. The summed E-state index contributed by atoms with van der Waals surface area (Å²) in [5.41, 5.74) is 1.26. The van der Waals surface area contributed by atoms with Crippen LogP contribution in [0.1, 0.15) is 24.3 Å². The minimum absolute atomic E-state index is 0.00885. The van der Waals surface area contributed by atoms with Gasteiger partial charge in [0.05, 0.1) is 11.2 Å². The zero-order valence-electron chi connectivity index (χ0n) is 13.1. The van der Waals surface area contributed by atoms with E-state index >= 15 is 0 Å². The van der Waals surface area contributed by atoms with Gasteiger partial charge in [-0.2, -0.15) is 5.10 Å². The molecule has 122 valence electrons. The number of halogens is 1. The maximum atomic E-state index is 12.3. The Morgan fingerprint density at radius 3 is 2.74 bits per heavy atom. The molecular formula is C17H20ClN3O2. The number of amides is 1. The van der Waals surface area contributed by atoms with Gasteiger partial charge in [0.2, 0.25) is 0 Å². The van der Waals surface area contributed by atoms with Crippen molar-refractivity contribution in [2.45, 2.75) is 18.8 Å². The highest BCUT2D eigenvalue weighted by Crippen LogP contribution is 2.28. The molecule has 5 nitrogen and oxygen atoms in total. The molecule has 0 atom stereocenters. The molecule has 0 N–H and O–H groups in total. The first-order valence-electron chi connectivity index (χ1n) is 7.77. The Kier molecular flexibility index (Phi) is 4.86. The third-order valence-electron chi connectivity index (χ3n) is 4.23. The number of nitrogens with zero attached hydrogens (tertiary/aromatic N) is 3. The lowest BCUT2D eigenvalue weighted by Crippen LogP contribution is -2.40. The van der Waals surface area contributed by atoms with Crippen molar-refractivity contribution in [1.29, 1.82) is 0 Å². The Bertz CT molecular complexity index is 678. The number of ether oxygens (including phenoxy) is 1. The van der Waals surface area contributed by atoms with Crippen LogP contribution < -0.4 is 4.74 Å². The molecule has 1 aliphatic heterocycles. The monoisotopic (exact) mass is 333 g/mol. The molecule has 0 unspecified atom stereocenters. The molecule has 2 heterocycles. The number of carbonyl (C=O) groups excluding carboxylic acids is 1. The molecule has 0 bridgehead atoms. The number of piperidine rings is 1. The van der Waals surface area contributed by atoms with E-state index in [-0.39, 0.29) is 12.5 Å². The van der Waals surface area contributed by atoms with Gasteiger partial charge < -0.3 is 9.64 Å². The second kappa shape index (κ2) is 7.04. The number of hydrogen-bond acceptors (Lipinski definition) is 3. The summed E-state index contributed by atoms with van der Waals surface area (Å²) >= 11 is 6.02. The number of carbonyl (C=O) groups is 1. The van der Waals surface area contributed by atoms with Crippen molar-refractivity contribution in [3.05, 3.63) is 47.2 Å². The summed E-state index contributed by atoms with van der Waals surface area (Å²) in [6.45, 7) is 1.54. The van der Waals surface area contributed by atoms with Gasteiger partial charge in [-0.3, -0.25) is 9.48 Å². The Labute approximate surface area is 140 Å². The van der Waals surface area contributed by atoms with Gasteiger partial charge in [0.15, 0.2) is 6.61 Å². The zero-order chi connectivity index (χ0) is 16.2. The van der Waals surface area contributed by atoms with Crippen LogP contribution in [-0.4, -0.2) is 40.3 Å². The molecule has 1 fully saturated rings. The molecule has 23 heavy (non-hydrogen) atoms. The van der Waals surface area contributed by atoms with Crippen LogP contribution in [0.25, 0.3) is 0 Å². The quantitative estimate of drug-likeness (QED) is 0.864. The number of aromatic nitrogens is 2. The first-order valence-corrected chi connectivity index (χ1v) is 8.15. The summed E-state index contributed by atoms with van der Waals surface area (Å²) in [6.07, 6.45) is 5.90. The van der Waals surface area contributed by atoms with Gasteiger partial charge in [-0.25, -0.2) is 0 Å².